The lowest BCUT2D eigenvalue weighted by atomic mass is 10.1. The molecule has 0 fully saturated rings. The Bertz CT molecular complexity index is 286. The Morgan fingerprint density at radius 1 is 1.43 bits per heavy atom. The van der Waals surface area contributed by atoms with E-state index < -0.39 is 6.10 Å². The van der Waals surface area contributed by atoms with Crippen LogP contribution in [0.3, 0.4) is 0 Å². The lowest BCUT2D eigenvalue weighted by molar-refractivity contribution is 0.171. The van der Waals surface area contributed by atoms with Crippen molar-refractivity contribution in [3.63, 3.8) is 0 Å². The number of rotatable bonds is 4. The largest absolute Gasteiger partial charge is 0.387 e. The van der Waals surface area contributed by atoms with E-state index >= 15 is 0 Å². The summed E-state index contributed by atoms with van der Waals surface area (Å²) in [6.07, 6.45) is 3.02. The van der Waals surface area contributed by atoms with Crippen LogP contribution in [0.1, 0.15) is 31.1 Å². The van der Waals surface area contributed by atoms with E-state index in [-0.39, 0.29) is 0 Å². The molecule has 1 aromatic heterocycles. The van der Waals surface area contributed by atoms with Gasteiger partial charge >= 0.3 is 0 Å². The molecule has 1 unspecified atom stereocenters. The second-order valence-corrected chi connectivity index (χ2v) is 3.87. The van der Waals surface area contributed by atoms with Crippen LogP contribution in [0.5, 0.6) is 0 Å². The van der Waals surface area contributed by atoms with Gasteiger partial charge in [-0.05, 0) is 12.5 Å². The summed E-state index contributed by atoms with van der Waals surface area (Å²) in [7, 11) is 0. The lowest BCUT2D eigenvalue weighted by Crippen LogP contribution is -2.27. The molecule has 0 aliphatic rings. The van der Waals surface area contributed by atoms with Crippen LogP contribution in [0.4, 0.5) is 0 Å². The highest BCUT2D eigenvalue weighted by atomic mass is 16.3. The molecule has 0 aliphatic carbocycles. The molecule has 1 rings (SSSR count). The minimum absolute atomic E-state index is 0.391. The van der Waals surface area contributed by atoms with Crippen molar-refractivity contribution in [3.8, 4) is 0 Å². The minimum atomic E-state index is -0.468. The summed E-state index contributed by atoms with van der Waals surface area (Å²) in [6.45, 7) is 6.66. The summed E-state index contributed by atoms with van der Waals surface area (Å²) in [4.78, 5) is 4.04. The molecule has 0 aliphatic heterocycles. The predicted octanol–water partition coefficient (Wildman–Crippen LogP) is 1.42. The number of aromatic nitrogens is 1. The molecule has 0 amide bonds. The molecule has 0 radical (unpaired) electrons. The highest BCUT2D eigenvalue weighted by Crippen LogP contribution is 2.11. The summed E-state index contributed by atoms with van der Waals surface area (Å²) in [5.74, 6) is 0. The molecule has 0 saturated carbocycles. The van der Waals surface area contributed by atoms with Gasteiger partial charge in [0.1, 0.15) is 0 Å². The standard InChI is InChI=1S/C11H18N2O/c1-8(2)13-7-11(14)10-4-9(3)5-12-6-10/h4-6,8,11,13-14H,7H2,1-3H3. The van der Waals surface area contributed by atoms with Gasteiger partial charge in [-0.3, -0.25) is 4.98 Å². The molecular formula is C11H18N2O. The number of aliphatic hydroxyl groups is 1. The first kappa shape index (κ1) is 11.1. The van der Waals surface area contributed by atoms with Gasteiger partial charge in [0.15, 0.2) is 0 Å². The molecule has 0 spiro atoms. The molecule has 1 aromatic rings. The van der Waals surface area contributed by atoms with Gasteiger partial charge in [0.2, 0.25) is 0 Å². The van der Waals surface area contributed by atoms with Gasteiger partial charge in [-0.15, -0.1) is 0 Å². The van der Waals surface area contributed by atoms with Gasteiger partial charge in [-0.25, -0.2) is 0 Å². The van der Waals surface area contributed by atoms with Crippen LogP contribution in [-0.2, 0) is 0 Å². The summed E-state index contributed by atoms with van der Waals surface area (Å²) in [6, 6.07) is 2.35. The van der Waals surface area contributed by atoms with Crippen molar-refractivity contribution < 1.29 is 5.11 Å². The zero-order chi connectivity index (χ0) is 10.6. The number of nitrogens with one attached hydrogen (secondary N) is 1. The third kappa shape index (κ3) is 3.44. The van der Waals surface area contributed by atoms with Crippen LogP contribution in [0.15, 0.2) is 18.5 Å². The first-order valence-corrected chi connectivity index (χ1v) is 4.92. The number of hydrogen-bond acceptors (Lipinski definition) is 3. The maximum atomic E-state index is 9.79. The maximum absolute atomic E-state index is 9.79. The number of pyridine rings is 1. The van der Waals surface area contributed by atoms with Crippen molar-refractivity contribution in [1.29, 1.82) is 0 Å². The molecule has 1 heterocycles. The smallest absolute Gasteiger partial charge is 0.0929 e. The summed E-state index contributed by atoms with van der Waals surface area (Å²) in [5.41, 5.74) is 1.95. The Balaban J connectivity index is 2.56. The van der Waals surface area contributed by atoms with Crippen LogP contribution in [-0.4, -0.2) is 22.7 Å². The van der Waals surface area contributed by atoms with E-state index in [1.165, 1.54) is 0 Å². The zero-order valence-electron chi connectivity index (χ0n) is 8.99. The monoisotopic (exact) mass is 194 g/mol. The highest BCUT2D eigenvalue weighted by Gasteiger charge is 2.07. The fraction of sp³-hybridized carbons (Fsp3) is 0.545. The molecule has 0 bridgehead atoms. The Morgan fingerprint density at radius 3 is 2.71 bits per heavy atom. The number of hydrogen-bond donors (Lipinski definition) is 2. The van der Waals surface area contributed by atoms with Gasteiger partial charge in [-0.2, -0.15) is 0 Å². The number of aryl methyl sites for hydroxylation is 1. The highest BCUT2D eigenvalue weighted by molar-refractivity contribution is 5.18. The van der Waals surface area contributed by atoms with E-state index in [0.717, 1.165) is 11.1 Å². The molecule has 78 valence electrons. The average Bonchev–Trinajstić information content (AvgIpc) is 2.14. The van der Waals surface area contributed by atoms with Crippen molar-refractivity contribution in [2.24, 2.45) is 0 Å². The lowest BCUT2D eigenvalue weighted by Gasteiger charge is -2.14. The maximum Gasteiger partial charge on any atom is 0.0929 e. The van der Waals surface area contributed by atoms with Gasteiger partial charge in [0.25, 0.3) is 0 Å². The Hall–Kier alpha value is -0.930. The van der Waals surface area contributed by atoms with Crippen LogP contribution >= 0.6 is 0 Å². The van der Waals surface area contributed by atoms with Crippen LogP contribution in [0.25, 0.3) is 0 Å². The third-order valence-corrected chi connectivity index (χ3v) is 2.00. The Labute approximate surface area is 85.2 Å². The van der Waals surface area contributed by atoms with E-state index in [4.69, 9.17) is 0 Å². The minimum Gasteiger partial charge on any atom is -0.387 e. The normalized spacial score (nSPS) is 13.2. The van der Waals surface area contributed by atoms with E-state index in [9.17, 15) is 5.11 Å². The SMILES string of the molecule is Cc1cncc(C(O)CNC(C)C)c1. The second-order valence-electron chi connectivity index (χ2n) is 3.87. The Kier molecular flexibility index (Phi) is 4.04. The number of aliphatic hydroxyl groups excluding tert-OH is 1. The predicted molar refractivity (Wildman–Crippen MR) is 57.1 cm³/mol. The molecule has 14 heavy (non-hydrogen) atoms. The van der Waals surface area contributed by atoms with E-state index in [0.29, 0.717) is 12.6 Å². The quantitative estimate of drug-likeness (QED) is 0.762. The van der Waals surface area contributed by atoms with Gasteiger partial charge in [0, 0.05) is 30.5 Å². The van der Waals surface area contributed by atoms with E-state index in [1.54, 1.807) is 12.4 Å². The zero-order valence-corrected chi connectivity index (χ0v) is 8.99. The number of nitrogens with zero attached hydrogens (tertiary/aromatic N) is 1. The van der Waals surface area contributed by atoms with Crippen LogP contribution in [0, 0.1) is 6.92 Å². The van der Waals surface area contributed by atoms with Gasteiger partial charge < -0.3 is 10.4 Å². The van der Waals surface area contributed by atoms with Crippen molar-refractivity contribution in [2.45, 2.75) is 32.9 Å². The van der Waals surface area contributed by atoms with Crippen molar-refractivity contribution >= 4 is 0 Å². The van der Waals surface area contributed by atoms with Crippen molar-refractivity contribution in [1.82, 2.24) is 10.3 Å². The van der Waals surface area contributed by atoms with Crippen LogP contribution in [0.2, 0.25) is 0 Å². The van der Waals surface area contributed by atoms with Crippen molar-refractivity contribution in [2.75, 3.05) is 6.54 Å². The molecule has 0 aromatic carbocycles. The molecule has 3 nitrogen and oxygen atoms in total. The average molecular weight is 194 g/mol. The first-order valence-electron chi connectivity index (χ1n) is 4.92. The van der Waals surface area contributed by atoms with Crippen LogP contribution < -0.4 is 5.32 Å². The fourth-order valence-corrected chi connectivity index (χ4v) is 1.23. The molecule has 3 heteroatoms. The van der Waals surface area contributed by atoms with Gasteiger partial charge in [-0.1, -0.05) is 19.9 Å². The van der Waals surface area contributed by atoms with Gasteiger partial charge in [0.05, 0.1) is 6.10 Å². The topological polar surface area (TPSA) is 45.2 Å². The fourth-order valence-electron chi connectivity index (χ4n) is 1.23. The molecule has 1 atom stereocenters. The second kappa shape index (κ2) is 5.08. The third-order valence-electron chi connectivity index (χ3n) is 2.00. The molecular weight excluding hydrogens is 176 g/mol. The molecule has 0 saturated heterocycles. The Morgan fingerprint density at radius 2 is 2.14 bits per heavy atom. The van der Waals surface area contributed by atoms with E-state index in [2.05, 4.69) is 24.1 Å². The van der Waals surface area contributed by atoms with Crippen molar-refractivity contribution in [3.05, 3.63) is 29.6 Å². The summed E-state index contributed by atoms with van der Waals surface area (Å²) < 4.78 is 0. The summed E-state index contributed by atoms with van der Waals surface area (Å²) in [5, 5.41) is 13.0. The van der Waals surface area contributed by atoms with E-state index in [1.807, 2.05) is 13.0 Å². The molecule has 2 N–H and O–H groups in total. The first-order chi connectivity index (χ1) is 6.59. The summed E-state index contributed by atoms with van der Waals surface area (Å²) >= 11 is 0.